The fraction of sp³-hybridized carbons (Fsp3) is 0.822. The van der Waals surface area contributed by atoms with Crippen molar-refractivity contribution in [2.45, 2.75) is 286 Å². The number of carbonyl (C=O) groups is 1. The third-order valence-electron chi connectivity index (χ3n) is 22.9. The van der Waals surface area contributed by atoms with Crippen LogP contribution in [0.1, 0.15) is 274 Å². The van der Waals surface area contributed by atoms with Gasteiger partial charge in [0.1, 0.15) is 12.2 Å². The quantitative estimate of drug-likeness (QED) is 0.0413. The fourth-order valence-corrected chi connectivity index (χ4v) is 18.1. The monoisotopic (exact) mass is 1080 g/mol. The van der Waals surface area contributed by atoms with Crippen LogP contribution in [0.2, 0.25) is 0 Å². The van der Waals surface area contributed by atoms with Crippen LogP contribution in [0.25, 0.3) is 0 Å². The SMILES string of the molecule is C=C(CCCCCCN(CCCCO)CCCCCCC(=O)OC1CCC2(C)C(=CC=C3C2CCC2(C)C3CCC2C(C)CCCC(C)C)C1)OC1CCC(=C)/C(=C\C=C2/CCCC3(C)C2CCC3C(C)CCCC(C)C)C1. The normalized spacial score (nSPS) is 32.7. The number of esters is 1. The molecule has 78 heavy (non-hydrogen) atoms. The molecule has 12 atom stereocenters. The van der Waals surface area contributed by atoms with Gasteiger partial charge in [-0.25, -0.2) is 0 Å². The van der Waals surface area contributed by atoms with Crippen molar-refractivity contribution in [1.29, 1.82) is 0 Å². The van der Waals surface area contributed by atoms with Crippen LogP contribution in [0.5, 0.6) is 0 Å². The summed E-state index contributed by atoms with van der Waals surface area (Å²) >= 11 is 0. The van der Waals surface area contributed by atoms with Gasteiger partial charge < -0.3 is 19.5 Å². The topological polar surface area (TPSA) is 59.0 Å². The van der Waals surface area contributed by atoms with Crippen molar-refractivity contribution in [3.05, 3.63) is 71.1 Å². The molecule has 7 aliphatic carbocycles. The summed E-state index contributed by atoms with van der Waals surface area (Å²) in [5.74, 6) is 8.16. The smallest absolute Gasteiger partial charge is 0.306 e. The van der Waals surface area contributed by atoms with Crippen LogP contribution in [0.15, 0.2) is 71.1 Å². The molecule has 0 amide bonds. The molecule has 7 rings (SSSR count). The maximum Gasteiger partial charge on any atom is 0.306 e. The van der Waals surface area contributed by atoms with E-state index in [-0.39, 0.29) is 30.2 Å². The molecule has 5 heteroatoms. The number of nitrogens with zero attached hydrogens (tertiary/aromatic N) is 1. The zero-order valence-corrected chi connectivity index (χ0v) is 52.4. The Balaban J connectivity index is 0.752. The summed E-state index contributed by atoms with van der Waals surface area (Å²) in [4.78, 5) is 15.8. The summed E-state index contributed by atoms with van der Waals surface area (Å²) in [5.41, 5.74) is 8.89. The Labute approximate surface area is 481 Å². The van der Waals surface area contributed by atoms with Gasteiger partial charge in [-0.15, -0.1) is 0 Å². The first kappa shape index (κ1) is 63.2. The fourth-order valence-electron chi connectivity index (χ4n) is 18.1. The molecule has 442 valence electrons. The number of hydrogen-bond acceptors (Lipinski definition) is 5. The van der Waals surface area contributed by atoms with Crippen molar-refractivity contribution >= 4 is 5.97 Å². The maximum atomic E-state index is 13.2. The molecule has 0 aliphatic heterocycles. The first-order valence-electron chi connectivity index (χ1n) is 33.8. The number of ether oxygens (including phenoxy) is 2. The highest BCUT2D eigenvalue weighted by atomic mass is 16.5. The average Bonchev–Trinajstić information content (AvgIpc) is 4.15. The third kappa shape index (κ3) is 16.7. The van der Waals surface area contributed by atoms with Gasteiger partial charge in [0.15, 0.2) is 0 Å². The molecule has 0 aromatic carbocycles. The molecule has 5 nitrogen and oxygen atoms in total. The second-order valence-corrected chi connectivity index (χ2v) is 29.3. The lowest BCUT2D eigenvalue weighted by atomic mass is 9.50. The lowest BCUT2D eigenvalue weighted by Crippen LogP contribution is -2.46. The minimum Gasteiger partial charge on any atom is -0.495 e. The van der Waals surface area contributed by atoms with Crippen molar-refractivity contribution in [3.63, 3.8) is 0 Å². The van der Waals surface area contributed by atoms with E-state index in [1.807, 2.05) is 0 Å². The number of hydrogen-bond donors (Lipinski definition) is 1. The number of aliphatic hydroxyl groups is 1. The van der Waals surface area contributed by atoms with E-state index < -0.39 is 0 Å². The summed E-state index contributed by atoms with van der Waals surface area (Å²) in [6, 6.07) is 0. The molecule has 12 unspecified atom stereocenters. The number of unbranched alkanes of at least 4 members (excludes halogenated alkanes) is 7. The highest BCUT2D eigenvalue weighted by molar-refractivity contribution is 5.69. The zero-order chi connectivity index (χ0) is 55.9. The van der Waals surface area contributed by atoms with Crippen molar-refractivity contribution in [2.24, 2.45) is 69.5 Å². The first-order chi connectivity index (χ1) is 37.4. The van der Waals surface area contributed by atoms with E-state index in [4.69, 9.17) is 9.47 Å². The van der Waals surface area contributed by atoms with Crippen LogP contribution in [-0.2, 0) is 14.3 Å². The molecule has 0 aromatic rings. The van der Waals surface area contributed by atoms with Crippen molar-refractivity contribution in [3.8, 4) is 0 Å². The van der Waals surface area contributed by atoms with Gasteiger partial charge in [-0.2, -0.15) is 0 Å². The lowest BCUT2D eigenvalue weighted by molar-refractivity contribution is -0.151. The Morgan fingerprint density at radius 2 is 1.23 bits per heavy atom. The lowest BCUT2D eigenvalue weighted by Gasteiger charge is -2.55. The zero-order valence-electron chi connectivity index (χ0n) is 52.4. The van der Waals surface area contributed by atoms with Gasteiger partial charge in [0.2, 0.25) is 0 Å². The van der Waals surface area contributed by atoms with Crippen LogP contribution >= 0.6 is 0 Å². The molecule has 1 N–H and O–H groups in total. The van der Waals surface area contributed by atoms with Gasteiger partial charge in [0.25, 0.3) is 0 Å². The predicted octanol–water partition coefficient (Wildman–Crippen LogP) is 20.0. The molecule has 0 bridgehead atoms. The average molecular weight is 1080 g/mol. The Bertz CT molecular complexity index is 2040. The third-order valence-corrected chi connectivity index (χ3v) is 22.9. The molecule has 6 saturated carbocycles. The second kappa shape index (κ2) is 30.3. The molecule has 0 saturated heterocycles. The van der Waals surface area contributed by atoms with Gasteiger partial charge in [-0.05, 0) is 217 Å². The number of allylic oxidation sites excluding steroid dienone is 8. The largest absolute Gasteiger partial charge is 0.495 e. The van der Waals surface area contributed by atoms with E-state index in [9.17, 15) is 9.90 Å². The summed E-state index contributed by atoms with van der Waals surface area (Å²) < 4.78 is 12.8. The van der Waals surface area contributed by atoms with E-state index >= 15 is 0 Å². The van der Waals surface area contributed by atoms with Crippen molar-refractivity contribution in [2.75, 3.05) is 26.2 Å². The van der Waals surface area contributed by atoms with Crippen LogP contribution < -0.4 is 0 Å². The molecular weight excluding hydrogens is 955 g/mol. The minimum absolute atomic E-state index is 0.0106. The Kier molecular flexibility index (Phi) is 24.5. The summed E-state index contributed by atoms with van der Waals surface area (Å²) in [5, 5.41) is 9.51. The summed E-state index contributed by atoms with van der Waals surface area (Å²) in [6.07, 6.45) is 49.4. The number of carbonyl (C=O) groups excluding carboxylic acids is 1. The van der Waals surface area contributed by atoms with E-state index in [1.54, 1.807) is 16.7 Å². The van der Waals surface area contributed by atoms with Crippen molar-refractivity contribution in [1.82, 2.24) is 4.90 Å². The molecule has 0 heterocycles. The maximum absolute atomic E-state index is 13.2. The molecule has 0 radical (unpaired) electrons. The van der Waals surface area contributed by atoms with Gasteiger partial charge in [-0.3, -0.25) is 4.79 Å². The van der Waals surface area contributed by atoms with Gasteiger partial charge in [-0.1, -0.05) is 186 Å². The summed E-state index contributed by atoms with van der Waals surface area (Å²) in [6.45, 7) is 35.0. The number of rotatable bonds is 32. The van der Waals surface area contributed by atoms with Gasteiger partial charge >= 0.3 is 5.97 Å². The second-order valence-electron chi connectivity index (χ2n) is 29.3. The minimum atomic E-state index is 0.0106. The van der Waals surface area contributed by atoms with Gasteiger partial charge in [0, 0.05) is 32.3 Å². The van der Waals surface area contributed by atoms with Crippen LogP contribution in [0.3, 0.4) is 0 Å². The highest BCUT2D eigenvalue weighted by Gasteiger charge is 2.57. The van der Waals surface area contributed by atoms with Crippen LogP contribution in [-0.4, -0.2) is 54.4 Å². The van der Waals surface area contributed by atoms with Crippen LogP contribution in [0, 0.1) is 69.5 Å². The molecule has 0 aromatic heterocycles. The molecular formula is C73H121NO4. The Hall–Kier alpha value is -2.37. The number of aliphatic hydroxyl groups excluding tert-OH is 1. The molecule has 0 spiro atoms. The summed E-state index contributed by atoms with van der Waals surface area (Å²) in [7, 11) is 0. The van der Waals surface area contributed by atoms with E-state index in [1.165, 1.54) is 127 Å². The standard InChI is InChI=1S/C73H121NO4/c1-53(2)25-22-27-56(6)65-38-40-67-59(30-24-44-72(65,67)10)33-34-60-51-62(36-32-55(60)5)77-58(8)29-16-12-14-18-47-74(49-20-21-50-75)48-19-15-13-17-31-70(76)78-63-42-45-71(9)61(52-63)35-37-64-68-41-39-66(57(7)28-23-26-54(3)4)73(68,11)46-43-69(64)71/h33-35,37,53-54,56-57,62-63,65-69,75H,5,8,12-32,36,38-52H2,1-4,6-7,9-11H3/b59-33+,60-34-. The molecule has 6 fully saturated rings. The van der Waals surface area contributed by atoms with Crippen LogP contribution in [0.4, 0.5) is 0 Å². The van der Waals surface area contributed by atoms with Gasteiger partial charge in [0.05, 0.1) is 5.76 Å². The Morgan fingerprint density at radius 1 is 0.628 bits per heavy atom. The predicted molar refractivity (Wildman–Crippen MR) is 331 cm³/mol. The first-order valence-corrected chi connectivity index (χ1v) is 33.8. The highest BCUT2D eigenvalue weighted by Crippen LogP contribution is 2.66. The Morgan fingerprint density at radius 3 is 1.88 bits per heavy atom. The number of fused-ring (bicyclic) bond motifs is 6. The van der Waals surface area contributed by atoms with Crippen molar-refractivity contribution < 1.29 is 19.4 Å². The molecule has 7 aliphatic rings. The van der Waals surface area contributed by atoms with E-state index in [0.29, 0.717) is 23.2 Å². The van der Waals surface area contributed by atoms with E-state index in [0.717, 1.165) is 163 Å². The van der Waals surface area contributed by atoms with E-state index in [2.05, 4.69) is 105 Å².